The molecule has 0 aromatic rings. The lowest BCUT2D eigenvalue weighted by Crippen LogP contribution is -2.20. The molecule has 0 spiro atoms. The van der Waals surface area contributed by atoms with Crippen molar-refractivity contribution in [1.82, 2.24) is 4.90 Å². The van der Waals surface area contributed by atoms with Crippen LogP contribution in [-0.2, 0) is 4.79 Å². The van der Waals surface area contributed by atoms with E-state index >= 15 is 0 Å². The second-order valence-electron chi connectivity index (χ2n) is 9.18. The number of hydrogen-bond donors (Lipinski definition) is 2. The lowest BCUT2D eigenvalue weighted by Gasteiger charge is -2.19. The molecule has 27 heavy (non-hydrogen) atoms. The normalized spacial score (nSPS) is 33.9. The number of rotatable bonds is 7. The third-order valence-electron chi connectivity index (χ3n) is 7.05. The van der Waals surface area contributed by atoms with E-state index in [2.05, 4.69) is 12.2 Å². The largest absolute Gasteiger partial charge is 0.392 e. The Morgan fingerprint density at radius 1 is 1.26 bits per heavy atom. The van der Waals surface area contributed by atoms with Crippen molar-refractivity contribution in [3.05, 3.63) is 23.8 Å². The fourth-order valence-electron chi connectivity index (χ4n) is 5.42. The van der Waals surface area contributed by atoms with Crippen LogP contribution in [0, 0.1) is 23.7 Å². The third-order valence-corrected chi connectivity index (χ3v) is 7.05. The third kappa shape index (κ3) is 5.23. The highest BCUT2D eigenvalue weighted by molar-refractivity contribution is 5.75. The zero-order chi connectivity index (χ0) is 19.4. The summed E-state index contributed by atoms with van der Waals surface area (Å²) in [5.41, 5.74) is 1.50. The van der Waals surface area contributed by atoms with Gasteiger partial charge in [0.2, 0.25) is 5.91 Å². The van der Waals surface area contributed by atoms with Crippen molar-refractivity contribution in [3.8, 4) is 0 Å². The predicted molar refractivity (Wildman–Crippen MR) is 108 cm³/mol. The summed E-state index contributed by atoms with van der Waals surface area (Å²) in [5.74, 6) is 1.90. The van der Waals surface area contributed by atoms with E-state index in [4.69, 9.17) is 0 Å². The Balaban J connectivity index is 1.49. The number of carbonyl (C=O) groups is 1. The van der Waals surface area contributed by atoms with Crippen molar-refractivity contribution in [1.29, 1.82) is 0 Å². The molecular formula is C23H37NO3. The van der Waals surface area contributed by atoms with Crippen molar-refractivity contribution < 1.29 is 15.0 Å². The average molecular weight is 376 g/mol. The van der Waals surface area contributed by atoms with E-state index in [0.29, 0.717) is 24.2 Å². The molecule has 3 fully saturated rings. The van der Waals surface area contributed by atoms with E-state index in [0.717, 1.165) is 44.9 Å². The highest BCUT2D eigenvalue weighted by atomic mass is 16.3. The smallest absolute Gasteiger partial charge is 0.222 e. The molecule has 0 aromatic carbocycles. The molecule has 0 heterocycles. The molecule has 1 amide bonds. The fraction of sp³-hybridized carbons (Fsp3) is 0.783. The van der Waals surface area contributed by atoms with Crippen LogP contribution in [-0.4, -0.2) is 47.3 Å². The fourth-order valence-corrected chi connectivity index (χ4v) is 5.42. The summed E-state index contributed by atoms with van der Waals surface area (Å²) < 4.78 is 0. The predicted octanol–water partition coefficient (Wildman–Crippen LogP) is 3.69. The number of aliphatic hydroxyl groups is 2. The Morgan fingerprint density at radius 3 is 2.70 bits per heavy atom. The lowest BCUT2D eigenvalue weighted by atomic mass is 9.89. The number of aliphatic hydroxyl groups excluding tert-OH is 2. The second-order valence-corrected chi connectivity index (χ2v) is 9.18. The zero-order valence-electron chi connectivity index (χ0n) is 17.0. The number of carbonyl (C=O) groups excluding carboxylic acids is 1. The van der Waals surface area contributed by atoms with Crippen LogP contribution in [0.1, 0.15) is 64.2 Å². The van der Waals surface area contributed by atoms with Crippen molar-refractivity contribution in [2.24, 2.45) is 23.7 Å². The van der Waals surface area contributed by atoms with E-state index in [1.165, 1.54) is 18.4 Å². The number of amides is 1. The van der Waals surface area contributed by atoms with Crippen LogP contribution < -0.4 is 0 Å². The molecule has 3 saturated carbocycles. The number of nitrogens with zero attached hydrogens (tertiary/aromatic N) is 1. The Hall–Kier alpha value is -1.13. The van der Waals surface area contributed by atoms with Gasteiger partial charge in [0.15, 0.2) is 0 Å². The summed E-state index contributed by atoms with van der Waals surface area (Å²) in [5, 5.41) is 20.9. The number of hydrogen-bond acceptors (Lipinski definition) is 3. The van der Waals surface area contributed by atoms with Gasteiger partial charge in [-0.2, -0.15) is 0 Å². The van der Waals surface area contributed by atoms with Crippen molar-refractivity contribution >= 4 is 5.91 Å². The molecule has 0 saturated heterocycles. The summed E-state index contributed by atoms with van der Waals surface area (Å²) in [4.78, 5) is 13.3. The monoisotopic (exact) mass is 375 g/mol. The van der Waals surface area contributed by atoms with Crippen LogP contribution in [0.25, 0.3) is 0 Å². The van der Waals surface area contributed by atoms with Crippen LogP contribution in [0.2, 0.25) is 0 Å². The van der Waals surface area contributed by atoms with Crippen LogP contribution in [0.5, 0.6) is 0 Å². The summed E-state index contributed by atoms with van der Waals surface area (Å²) in [6.07, 6.45) is 16.1. The van der Waals surface area contributed by atoms with E-state index in [1.54, 1.807) is 4.90 Å². The van der Waals surface area contributed by atoms with Gasteiger partial charge in [0.25, 0.3) is 0 Å². The summed E-state index contributed by atoms with van der Waals surface area (Å²) >= 11 is 0. The Bertz CT molecular complexity index is 562. The van der Waals surface area contributed by atoms with Gasteiger partial charge in [-0.05, 0) is 62.7 Å². The second kappa shape index (κ2) is 9.38. The first-order valence-corrected chi connectivity index (χ1v) is 10.9. The Labute approximate surface area is 164 Å². The van der Waals surface area contributed by atoms with E-state index < -0.39 is 0 Å². The van der Waals surface area contributed by atoms with Gasteiger partial charge in [-0.15, -0.1) is 0 Å². The van der Waals surface area contributed by atoms with Crippen molar-refractivity contribution in [3.63, 3.8) is 0 Å². The molecule has 2 N–H and O–H groups in total. The molecule has 0 aromatic heterocycles. The van der Waals surface area contributed by atoms with Gasteiger partial charge in [-0.25, -0.2) is 0 Å². The molecule has 152 valence electrons. The molecule has 0 aliphatic heterocycles. The molecule has 3 aliphatic rings. The SMILES string of the molecule is CN(C)C(=O)CCC/C=C1\C[C@H]2C[C@@H](O)[C@H](/C=C/[C@@H](O)C3CCCC3)[C@H]2C1. The maximum atomic E-state index is 11.6. The summed E-state index contributed by atoms with van der Waals surface area (Å²) in [6.45, 7) is 0. The summed E-state index contributed by atoms with van der Waals surface area (Å²) in [6, 6.07) is 0. The highest BCUT2D eigenvalue weighted by Gasteiger charge is 2.45. The van der Waals surface area contributed by atoms with E-state index in [-0.39, 0.29) is 24.0 Å². The molecule has 3 aliphatic carbocycles. The highest BCUT2D eigenvalue weighted by Crippen LogP contribution is 2.50. The first-order chi connectivity index (χ1) is 13.0. The maximum Gasteiger partial charge on any atom is 0.222 e. The summed E-state index contributed by atoms with van der Waals surface area (Å²) in [7, 11) is 3.61. The minimum atomic E-state index is -0.343. The van der Waals surface area contributed by atoms with Gasteiger partial charge in [-0.1, -0.05) is 36.6 Å². The Kier molecular flexibility index (Phi) is 7.16. The van der Waals surface area contributed by atoms with Gasteiger partial charge in [0, 0.05) is 26.4 Å². The molecule has 5 atom stereocenters. The van der Waals surface area contributed by atoms with Crippen LogP contribution in [0.3, 0.4) is 0 Å². The maximum absolute atomic E-state index is 11.6. The van der Waals surface area contributed by atoms with Gasteiger partial charge in [0.05, 0.1) is 12.2 Å². The minimum absolute atomic E-state index is 0.187. The molecule has 0 bridgehead atoms. The van der Waals surface area contributed by atoms with Gasteiger partial charge in [0.1, 0.15) is 0 Å². The number of allylic oxidation sites excluding steroid dienone is 2. The standard InChI is InChI=1S/C23H37NO3/c1-24(2)23(27)10-6-3-7-16-13-18-15-22(26)19(20(18)14-16)11-12-21(25)17-8-4-5-9-17/h7,11-12,17-22,25-26H,3-6,8-10,13-15H2,1-2H3/b12-11+,16-7+/t18-,19+,20-,21+,22+/m0/s1. The van der Waals surface area contributed by atoms with Crippen LogP contribution in [0.4, 0.5) is 0 Å². The van der Waals surface area contributed by atoms with E-state index in [9.17, 15) is 15.0 Å². The van der Waals surface area contributed by atoms with Crippen LogP contribution in [0.15, 0.2) is 23.8 Å². The quantitative estimate of drug-likeness (QED) is 0.527. The zero-order valence-corrected chi connectivity index (χ0v) is 17.0. The molecule has 0 unspecified atom stereocenters. The topological polar surface area (TPSA) is 60.8 Å². The van der Waals surface area contributed by atoms with Gasteiger partial charge < -0.3 is 15.1 Å². The first kappa shape index (κ1) is 20.6. The molecular weight excluding hydrogens is 338 g/mol. The van der Waals surface area contributed by atoms with Gasteiger partial charge >= 0.3 is 0 Å². The number of unbranched alkanes of at least 4 members (excludes halogenated alkanes) is 1. The van der Waals surface area contributed by atoms with Crippen molar-refractivity contribution in [2.75, 3.05) is 14.1 Å². The molecule has 4 heteroatoms. The first-order valence-electron chi connectivity index (χ1n) is 10.9. The van der Waals surface area contributed by atoms with Gasteiger partial charge in [-0.3, -0.25) is 4.79 Å². The van der Waals surface area contributed by atoms with Crippen LogP contribution >= 0.6 is 0 Å². The minimum Gasteiger partial charge on any atom is -0.392 e. The average Bonchev–Trinajstić information content (AvgIpc) is 3.33. The number of fused-ring (bicyclic) bond motifs is 1. The molecule has 0 radical (unpaired) electrons. The molecule has 4 nitrogen and oxygen atoms in total. The Morgan fingerprint density at radius 2 is 2.00 bits per heavy atom. The van der Waals surface area contributed by atoms with Crippen molar-refractivity contribution in [2.45, 2.75) is 76.4 Å². The lowest BCUT2D eigenvalue weighted by molar-refractivity contribution is -0.128. The molecule has 3 rings (SSSR count). The van der Waals surface area contributed by atoms with E-state index in [1.807, 2.05) is 20.2 Å².